The maximum absolute atomic E-state index is 12.9. The molecule has 0 radical (unpaired) electrons. The number of nitrogens with zero attached hydrogens (tertiary/aromatic N) is 1. The molecule has 0 atom stereocenters. The Hall–Kier alpha value is -2.02. The van der Waals surface area contributed by atoms with Crippen molar-refractivity contribution >= 4 is 0 Å². The average molecular weight is 271 g/mol. The van der Waals surface area contributed by atoms with Gasteiger partial charge in [-0.05, 0) is 19.1 Å². The van der Waals surface area contributed by atoms with Crippen LogP contribution in [-0.2, 0) is 12.7 Å². The van der Waals surface area contributed by atoms with E-state index in [2.05, 4.69) is 5.10 Å². The van der Waals surface area contributed by atoms with Crippen LogP contribution in [0.2, 0.25) is 0 Å². The number of hydrogen-bond acceptors (Lipinski definition) is 2. The Morgan fingerprint density at radius 1 is 1.32 bits per heavy atom. The summed E-state index contributed by atoms with van der Waals surface area (Å²) in [6.07, 6.45) is -4.53. The third-order valence-electron chi connectivity index (χ3n) is 2.85. The number of hydrogen-bond donors (Lipinski definition) is 2. The third-order valence-corrected chi connectivity index (χ3v) is 2.85. The van der Waals surface area contributed by atoms with E-state index in [1.54, 1.807) is 6.92 Å². The van der Waals surface area contributed by atoms with Crippen LogP contribution in [0.5, 0.6) is 0 Å². The van der Waals surface area contributed by atoms with Crippen LogP contribution in [0.15, 0.2) is 29.1 Å². The highest BCUT2D eigenvalue weighted by Gasteiger charge is 2.34. The Kier molecular flexibility index (Phi) is 3.23. The second-order valence-electron chi connectivity index (χ2n) is 4.07. The van der Waals surface area contributed by atoms with Crippen LogP contribution in [0.3, 0.4) is 0 Å². The summed E-state index contributed by atoms with van der Waals surface area (Å²) in [6.45, 7) is 1.57. The summed E-state index contributed by atoms with van der Waals surface area (Å²) in [5.74, 6) is 0. The van der Waals surface area contributed by atoms with E-state index < -0.39 is 17.3 Å². The molecule has 2 rings (SSSR count). The minimum absolute atomic E-state index is 0.0254. The van der Waals surface area contributed by atoms with Crippen LogP contribution < -0.4 is 11.3 Å². The van der Waals surface area contributed by atoms with Gasteiger partial charge in [0.25, 0.3) is 5.56 Å². The number of nitrogens with two attached hydrogens (primary N) is 1. The maximum atomic E-state index is 12.9. The molecule has 0 aliphatic carbocycles. The molecule has 4 nitrogen and oxygen atoms in total. The topological polar surface area (TPSA) is 63.8 Å². The Morgan fingerprint density at radius 2 is 1.95 bits per heavy atom. The minimum Gasteiger partial charge on any atom is -0.326 e. The summed E-state index contributed by atoms with van der Waals surface area (Å²) in [7, 11) is 0. The van der Waals surface area contributed by atoms with Crippen molar-refractivity contribution in [3.63, 3.8) is 0 Å². The number of benzene rings is 1. The fraction of sp³-hybridized carbons (Fsp3) is 0.250. The molecule has 0 saturated carbocycles. The summed E-state index contributed by atoms with van der Waals surface area (Å²) in [6, 6.07) is 4.88. The lowest BCUT2D eigenvalue weighted by Gasteiger charge is -2.12. The minimum atomic E-state index is -4.53. The molecule has 0 fully saturated rings. The number of aryl methyl sites for hydroxylation is 1. The lowest BCUT2D eigenvalue weighted by molar-refractivity contribution is -0.137. The van der Waals surface area contributed by atoms with Crippen molar-refractivity contribution in [3.05, 3.63) is 51.4 Å². The molecule has 3 N–H and O–H groups in total. The number of H-pyrrole nitrogens is 1. The van der Waals surface area contributed by atoms with Gasteiger partial charge in [-0.3, -0.25) is 9.89 Å². The number of para-hydroxylation sites is 1. The molecule has 7 heteroatoms. The monoisotopic (exact) mass is 271 g/mol. The summed E-state index contributed by atoms with van der Waals surface area (Å²) in [5, 5.41) is 2.62. The van der Waals surface area contributed by atoms with E-state index >= 15 is 0 Å². The van der Waals surface area contributed by atoms with E-state index in [-0.39, 0.29) is 17.8 Å². The number of alkyl halides is 3. The molecule has 0 saturated heterocycles. The zero-order valence-corrected chi connectivity index (χ0v) is 10.1. The average Bonchev–Trinajstić information content (AvgIpc) is 2.63. The summed E-state index contributed by atoms with van der Waals surface area (Å²) >= 11 is 0. The molecule has 1 heterocycles. The van der Waals surface area contributed by atoms with Gasteiger partial charge in [-0.25, -0.2) is 4.68 Å². The first-order chi connectivity index (χ1) is 8.86. The Balaban J connectivity index is 2.71. The number of aromatic nitrogens is 2. The molecule has 0 aliphatic rings. The van der Waals surface area contributed by atoms with Crippen molar-refractivity contribution in [2.24, 2.45) is 5.73 Å². The van der Waals surface area contributed by atoms with Gasteiger partial charge >= 0.3 is 6.18 Å². The Labute approximate surface area is 106 Å². The number of rotatable bonds is 2. The summed E-state index contributed by atoms with van der Waals surface area (Å²) in [4.78, 5) is 12.0. The highest BCUT2D eigenvalue weighted by atomic mass is 19.4. The molecule has 2 aromatic rings. The van der Waals surface area contributed by atoms with Crippen molar-refractivity contribution in [1.29, 1.82) is 0 Å². The van der Waals surface area contributed by atoms with E-state index in [4.69, 9.17) is 5.73 Å². The quantitative estimate of drug-likeness (QED) is 0.876. The van der Waals surface area contributed by atoms with E-state index in [0.29, 0.717) is 5.69 Å². The highest BCUT2D eigenvalue weighted by Crippen LogP contribution is 2.33. The second kappa shape index (κ2) is 4.58. The largest absolute Gasteiger partial charge is 0.418 e. The van der Waals surface area contributed by atoms with E-state index in [1.807, 2.05) is 0 Å². The first-order valence-corrected chi connectivity index (χ1v) is 5.53. The molecule has 0 spiro atoms. The zero-order chi connectivity index (χ0) is 14.2. The van der Waals surface area contributed by atoms with Gasteiger partial charge in [0.05, 0.1) is 16.8 Å². The predicted molar refractivity (Wildman–Crippen MR) is 64.0 cm³/mol. The van der Waals surface area contributed by atoms with E-state index in [1.165, 1.54) is 18.2 Å². The van der Waals surface area contributed by atoms with Gasteiger partial charge in [-0.1, -0.05) is 12.1 Å². The standard InChI is InChI=1S/C12H12F3N3O/c1-7-8(6-16)11(19)18(17-7)10-5-3-2-4-9(10)12(13,14)15/h2-5,17H,6,16H2,1H3. The molecule has 1 aromatic carbocycles. The van der Waals surface area contributed by atoms with Crippen LogP contribution in [0, 0.1) is 6.92 Å². The van der Waals surface area contributed by atoms with Gasteiger partial charge in [0.15, 0.2) is 0 Å². The Bertz CT molecular complexity index is 655. The summed E-state index contributed by atoms with van der Waals surface area (Å²) < 4.78 is 39.6. The van der Waals surface area contributed by atoms with Crippen LogP contribution in [0.25, 0.3) is 5.69 Å². The molecule has 0 amide bonds. The fourth-order valence-corrected chi connectivity index (χ4v) is 1.90. The zero-order valence-electron chi connectivity index (χ0n) is 10.1. The lowest BCUT2D eigenvalue weighted by Crippen LogP contribution is -2.22. The van der Waals surface area contributed by atoms with Crippen molar-refractivity contribution in [2.45, 2.75) is 19.6 Å². The SMILES string of the molecule is Cc1[nH]n(-c2ccccc2C(F)(F)F)c(=O)c1CN. The van der Waals surface area contributed by atoms with Gasteiger partial charge in [0.1, 0.15) is 0 Å². The molecular formula is C12H12F3N3O. The third kappa shape index (κ3) is 2.28. The highest BCUT2D eigenvalue weighted by molar-refractivity contribution is 5.43. The van der Waals surface area contributed by atoms with Crippen molar-refractivity contribution in [3.8, 4) is 5.69 Å². The Morgan fingerprint density at radius 3 is 2.47 bits per heavy atom. The van der Waals surface area contributed by atoms with Crippen LogP contribution in [0.4, 0.5) is 13.2 Å². The lowest BCUT2D eigenvalue weighted by atomic mass is 10.1. The number of aromatic amines is 1. The van der Waals surface area contributed by atoms with Gasteiger partial charge in [-0.15, -0.1) is 0 Å². The smallest absolute Gasteiger partial charge is 0.326 e. The first-order valence-electron chi connectivity index (χ1n) is 5.53. The van der Waals surface area contributed by atoms with Gasteiger partial charge < -0.3 is 5.73 Å². The van der Waals surface area contributed by atoms with Gasteiger partial charge in [0.2, 0.25) is 0 Å². The molecule has 0 unspecified atom stereocenters. The predicted octanol–water partition coefficient (Wildman–Crippen LogP) is 1.95. The van der Waals surface area contributed by atoms with Crippen molar-refractivity contribution in [1.82, 2.24) is 9.78 Å². The summed E-state index contributed by atoms with van der Waals surface area (Å²) in [5.41, 5.74) is 4.48. The molecule has 1 aromatic heterocycles. The number of halogens is 3. The van der Waals surface area contributed by atoms with Crippen LogP contribution >= 0.6 is 0 Å². The molecular weight excluding hydrogens is 259 g/mol. The van der Waals surface area contributed by atoms with E-state index in [0.717, 1.165) is 10.7 Å². The fourth-order valence-electron chi connectivity index (χ4n) is 1.90. The van der Waals surface area contributed by atoms with Crippen molar-refractivity contribution in [2.75, 3.05) is 0 Å². The van der Waals surface area contributed by atoms with Gasteiger partial charge in [-0.2, -0.15) is 13.2 Å². The number of nitrogens with one attached hydrogen (secondary N) is 1. The molecule has 19 heavy (non-hydrogen) atoms. The van der Waals surface area contributed by atoms with Gasteiger partial charge in [0, 0.05) is 12.2 Å². The second-order valence-corrected chi connectivity index (χ2v) is 4.07. The normalized spacial score (nSPS) is 11.8. The van der Waals surface area contributed by atoms with Crippen molar-refractivity contribution < 1.29 is 13.2 Å². The molecule has 102 valence electrons. The van der Waals surface area contributed by atoms with Crippen LogP contribution in [-0.4, -0.2) is 9.78 Å². The first kappa shape index (κ1) is 13.4. The molecule has 0 bridgehead atoms. The van der Waals surface area contributed by atoms with Crippen LogP contribution in [0.1, 0.15) is 16.8 Å². The maximum Gasteiger partial charge on any atom is 0.418 e. The van der Waals surface area contributed by atoms with E-state index in [9.17, 15) is 18.0 Å². The molecule has 0 aliphatic heterocycles.